The van der Waals surface area contributed by atoms with Crippen molar-refractivity contribution in [1.29, 1.82) is 0 Å². The SMILES string of the molecule is CCN(C(=O)CN1C(=O)NC(C)(c2ccc(C(C)C)cc2)C1=O)C1=CCCCC1. The summed E-state index contributed by atoms with van der Waals surface area (Å²) in [5.41, 5.74) is 1.73. The van der Waals surface area contributed by atoms with E-state index in [9.17, 15) is 14.4 Å². The first-order valence-corrected chi connectivity index (χ1v) is 10.5. The Morgan fingerprint density at radius 3 is 2.45 bits per heavy atom. The standard InChI is InChI=1S/C23H31N3O3/c1-5-25(19-9-7-6-8-10-19)20(27)15-26-21(28)23(4,24-22(26)29)18-13-11-17(12-14-18)16(2)3/h9,11-14,16H,5-8,10,15H2,1-4H3,(H,24,29). The van der Waals surface area contributed by atoms with Crippen LogP contribution >= 0.6 is 0 Å². The van der Waals surface area contributed by atoms with E-state index in [0.717, 1.165) is 41.8 Å². The fourth-order valence-corrected chi connectivity index (χ4v) is 4.06. The van der Waals surface area contributed by atoms with Gasteiger partial charge >= 0.3 is 6.03 Å². The van der Waals surface area contributed by atoms with Crippen molar-refractivity contribution in [2.24, 2.45) is 0 Å². The van der Waals surface area contributed by atoms with Crippen LogP contribution in [0.2, 0.25) is 0 Å². The molecule has 3 rings (SSSR count). The number of nitrogens with zero attached hydrogens (tertiary/aromatic N) is 2. The summed E-state index contributed by atoms with van der Waals surface area (Å²) in [6, 6.07) is 7.20. The molecule has 0 aromatic heterocycles. The average Bonchev–Trinajstić information content (AvgIpc) is 2.93. The van der Waals surface area contributed by atoms with Gasteiger partial charge in [-0.2, -0.15) is 0 Å². The van der Waals surface area contributed by atoms with E-state index in [1.54, 1.807) is 11.8 Å². The zero-order chi connectivity index (χ0) is 21.2. The predicted molar refractivity (Wildman–Crippen MR) is 112 cm³/mol. The molecule has 0 radical (unpaired) electrons. The summed E-state index contributed by atoms with van der Waals surface area (Å²) in [5.74, 6) is -0.223. The molecule has 1 aromatic carbocycles. The number of hydrogen-bond acceptors (Lipinski definition) is 3. The van der Waals surface area contributed by atoms with Crippen LogP contribution in [0, 0.1) is 0 Å². The minimum Gasteiger partial charge on any atom is -0.319 e. The molecule has 2 aliphatic rings. The van der Waals surface area contributed by atoms with E-state index in [1.807, 2.05) is 31.2 Å². The Labute approximate surface area is 172 Å². The lowest BCUT2D eigenvalue weighted by molar-refractivity contribution is -0.138. The molecule has 1 fully saturated rings. The van der Waals surface area contributed by atoms with Crippen molar-refractivity contribution in [1.82, 2.24) is 15.1 Å². The average molecular weight is 398 g/mol. The highest BCUT2D eigenvalue weighted by atomic mass is 16.2. The predicted octanol–water partition coefficient (Wildman–Crippen LogP) is 3.88. The van der Waals surface area contributed by atoms with Crippen molar-refractivity contribution in [3.63, 3.8) is 0 Å². The summed E-state index contributed by atoms with van der Waals surface area (Å²) in [6.45, 7) is 8.11. The molecule has 0 bridgehead atoms. The second-order valence-corrected chi connectivity index (χ2v) is 8.30. The maximum absolute atomic E-state index is 13.1. The van der Waals surface area contributed by atoms with E-state index >= 15 is 0 Å². The smallest absolute Gasteiger partial charge is 0.319 e. The van der Waals surface area contributed by atoms with Gasteiger partial charge in [-0.25, -0.2) is 4.79 Å². The van der Waals surface area contributed by atoms with Crippen molar-refractivity contribution in [3.8, 4) is 0 Å². The molecule has 0 spiro atoms. The Balaban J connectivity index is 1.77. The maximum Gasteiger partial charge on any atom is 0.325 e. The molecule has 1 unspecified atom stereocenters. The van der Waals surface area contributed by atoms with Gasteiger partial charge in [-0.3, -0.25) is 14.5 Å². The Hall–Kier alpha value is -2.63. The summed E-state index contributed by atoms with van der Waals surface area (Å²) in [7, 11) is 0. The van der Waals surface area contributed by atoms with Crippen LogP contribution in [0.15, 0.2) is 36.0 Å². The number of carbonyl (C=O) groups is 3. The fourth-order valence-electron chi connectivity index (χ4n) is 4.06. The van der Waals surface area contributed by atoms with Crippen LogP contribution in [0.1, 0.15) is 70.4 Å². The van der Waals surface area contributed by atoms with Gasteiger partial charge in [-0.05, 0) is 56.6 Å². The molecule has 0 saturated carbocycles. The molecule has 156 valence electrons. The molecule has 1 aromatic rings. The zero-order valence-electron chi connectivity index (χ0n) is 17.8. The van der Waals surface area contributed by atoms with Gasteiger partial charge in [0.05, 0.1) is 0 Å². The number of carbonyl (C=O) groups excluding carboxylic acids is 3. The molecule has 4 amide bonds. The molecule has 1 N–H and O–H groups in total. The Morgan fingerprint density at radius 1 is 1.21 bits per heavy atom. The normalized spacial score (nSPS) is 22.0. The summed E-state index contributed by atoms with van der Waals surface area (Å²) >= 11 is 0. The topological polar surface area (TPSA) is 69.7 Å². The van der Waals surface area contributed by atoms with E-state index in [1.165, 1.54) is 5.56 Å². The van der Waals surface area contributed by atoms with Gasteiger partial charge in [0.15, 0.2) is 0 Å². The van der Waals surface area contributed by atoms with E-state index in [4.69, 9.17) is 0 Å². The summed E-state index contributed by atoms with van der Waals surface area (Å²) in [6.07, 6.45) is 6.11. The van der Waals surface area contributed by atoms with Crippen molar-refractivity contribution in [2.75, 3.05) is 13.1 Å². The highest BCUT2D eigenvalue weighted by Gasteiger charge is 2.49. The molecule has 1 saturated heterocycles. The van der Waals surface area contributed by atoms with Crippen molar-refractivity contribution in [3.05, 3.63) is 47.2 Å². The van der Waals surface area contributed by atoms with E-state index in [2.05, 4.69) is 25.2 Å². The van der Waals surface area contributed by atoms with Crippen LogP contribution in [-0.2, 0) is 15.1 Å². The zero-order valence-corrected chi connectivity index (χ0v) is 17.8. The van der Waals surface area contributed by atoms with Gasteiger partial charge in [0, 0.05) is 12.2 Å². The van der Waals surface area contributed by atoms with E-state index in [0.29, 0.717) is 12.5 Å². The second kappa shape index (κ2) is 8.39. The third-order valence-electron chi connectivity index (χ3n) is 5.95. The van der Waals surface area contributed by atoms with Crippen LogP contribution in [0.5, 0.6) is 0 Å². The second-order valence-electron chi connectivity index (χ2n) is 8.30. The first-order chi connectivity index (χ1) is 13.8. The maximum atomic E-state index is 13.1. The number of likely N-dealkylation sites (N-methyl/N-ethyl adjacent to an activating group) is 1. The van der Waals surface area contributed by atoms with Crippen molar-refractivity contribution in [2.45, 2.75) is 64.8 Å². The number of rotatable bonds is 6. The van der Waals surface area contributed by atoms with E-state index < -0.39 is 11.6 Å². The Bertz CT molecular complexity index is 828. The summed E-state index contributed by atoms with van der Waals surface area (Å²) in [5, 5.41) is 2.79. The van der Waals surface area contributed by atoms with Gasteiger partial charge < -0.3 is 10.2 Å². The number of hydrogen-bond donors (Lipinski definition) is 1. The monoisotopic (exact) mass is 397 g/mol. The minimum absolute atomic E-state index is 0.219. The van der Waals surface area contributed by atoms with Gasteiger partial charge in [0.2, 0.25) is 5.91 Å². The van der Waals surface area contributed by atoms with Crippen LogP contribution in [-0.4, -0.2) is 40.7 Å². The number of nitrogens with one attached hydrogen (secondary N) is 1. The Kier molecular flexibility index (Phi) is 6.10. The minimum atomic E-state index is -1.16. The largest absolute Gasteiger partial charge is 0.325 e. The van der Waals surface area contributed by atoms with E-state index in [-0.39, 0.29) is 18.4 Å². The lowest BCUT2D eigenvalue weighted by atomic mass is 9.90. The highest BCUT2D eigenvalue weighted by Crippen LogP contribution is 2.30. The molecule has 1 atom stereocenters. The lowest BCUT2D eigenvalue weighted by Crippen LogP contribution is -2.44. The number of benzene rings is 1. The molecule has 29 heavy (non-hydrogen) atoms. The third kappa shape index (κ3) is 4.07. The van der Waals surface area contributed by atoms with Gasteiger partial charge in [0.1, 0.15) is 12.1 Å². The van der Waals surface area contributed by atoms with Crippen LogP contribution in [0.3, 0.4) is 0 Å². The number of urea groups is 1. The number of allylic oxidation sites excluding steroid dienone is 2. The first kappa shape index (κ1) is 21.1. The molecule has 1 heterocycles. The Morgan fingerprint density at radius 2 is 1.90 bits per heavy atom. The van der Waals surface area contributed by atoms with Crippen LogP contribution in [0.25, 0.3) is 0 Å². The molecule has 6 heteroatoms. The molecule has 1 aliphatic heterocycles. The molecule has 6 nitrogen and oxygen atoms in total. The van der Waals surface area contributed by atoms with Gasteiger partial charge in [0.25, 0.3) is 5.91 Å². The first-order valence-electron chi connectivity index (χ1n) is 10.5. The number of imide groups is 1. The molecule has 1 aliphatic carbocycles. The molecular weight excluding hydrogens is 366 g/mol. The van der Waals surface area contributed by atoms with Gasteiger partial charge in [-0.15, -0.1) is 0 Å². The van der Waals surface area contributed by atoms with Crippen LogP contribution < -0.4 is 5.32 Å². The molecular formula is C23H31N3O3. The highest BCUT2D eigenvalue weighted by molar-refractivity contribution is 6.09. The van der Waals surface area contributed by atoms with Crippen LogP contribution in [0.4, 0.5) is 4.79 Å². The van der Waals surface area contributed by atoms with Crippen molar-refractivity contribution >= 4 is 17.8 Å². The summed E-state index contributed by atoms with van der Waals surface area (Å²) in [4.78, 5) is 41.4. The lowest BCUT2D eigenvalue weighted by Gasteiger charge is -2.28. The quantitative estimate of drug-likeness (QED) is 0.741. The summed E-state index contributed by atoms with van der Waals surface area (Å²) < 4.78 is 0. The third-order valence-corrected chi connectivity index (χ3v) is 5.95. The fraction of sp³-hybridized carbons (Fsp3) is 0.522. The van der Waals surface area contributed by atoms with Gasteiger partial charge in [-0.1, -0.05) is 44.2 Å². The number of amides is 4. The van der Waals surface area contributed by atoms with Crippen molar-refractivity contribution < 1.29 is 14.4 Å².